The second kappa shape index (κ2) is 10.1. The molecule has 4 heterocycles. The third-order valence-corrected chi connectivity index (χ3v) is 6.81. The minimum atomic E-state index is -1.03. The molecule has 4 aromatic rings. The van der Waals surface area contributed by atoms with Crippen molar-refractivity contribution in [3.8, 4) is 10.6 Å². The molecule has 0 radical (unpaired) electrons. The number of nitrogens with one attached hydrogen (secondary N) is 3. The molecule has 1 aliphatic carbocycles. The highest BCUT2D eigenvalue weighted by molar-refractivity contribution is 7.21. The average molecular weight is 502 g/mol. The van der Waals surface area contributed by atoms with Crippen LogP contribution < -0.4 is 28.0 Å². The molecule has 4 atom stereocenters. The molecule has 1 aliphatic rings. The van der Waals surface area contributed by atoms with Crippen LogP contribution in [0.4, 0.5) is 17.5 Å². The molecule has 1 fully saturated rings. The van der Waals surface area contributed by atoms with Crippen molar-refractivity contribution in [3.63, 3.8) is 0 Å². The van der Waals surface area contributed by atoms with Gasteiger partial charge in [0.05, 0.1) is 23.2 Å². The van der Waals surface area contributed by atoms with Crippen molar-refractivity contribution in [3.05, 3.63) is 48.7 Å². The second-order valence-corrected chi connectivity index (χ2v) is 9.12. The number of hydrogen-bond donors (Lipinski definition) is 5. The number of rotatable bonds is 6. The predicted octanol–water partition coefficient (Wildman–Crippen LogP) is -1.47. The first-order valence-corrected chi connectivity index (χ1v) is 11.4. The Kier molecular flexibility index (Phi) is 7.19. The minimum Gasteiger partial charge on any atom is -1.00 e. The summed E-state index contributed by atoms with van der Waals surface area (Å²) in [5, 5.41) is 37.5. The maximum atomic E-state index is 10.5. The third-order valence-electron chi connectivity index (χ3n) is 5.76. The highest BCUT2D eigenvalue weighted by Gasteiger charge is 2.41. The summed E-state index contributed by atoms with van der Waals surface area (Å²) in [6.07, 6.45) is 5.46. The van der Waals surface area contributed by atoms with Crippen LogP contribution in [0.2, 0.25) is 0 Å². The molecule has 5 rings (SSSR count). The van der Waals surface area contributed by atoms with Gasteiger partial charge in [-0.15, -0.1) is 11.3 Å². The fraction of sp³-hybridized carbons (Fsp3) is 0.318. The van der Waals surface area contributed by atoms with E-state index in [0.29, 0.717) is 23.8 Å². The van der Waals surface area contributed by atoms with Crippen LogP contribution >= 0.6 is 11.3 Å². The molecule has 0 bridgehead atoms. The molecule has 0 aliphatic heterocycles. The third kappa shape index (κ3) is 4.79. The number of pyridine rings is 2. The molecule has 6 N–H and O–H groups in total. The van der Waals surface area contributed by atoms with Gasteiger partial charge >= 0.3 is 0 Å². The monoisotopic (exact) mass is 501 g/mol. The summed E-state index contributed by atoms with van der Waals surface area (Å²) < 4.78 is 0.990. The summed E-state index contributed by atoms with van der Waals surface area (Å²) in [7, 11) is 0. The lowest BCUT2D eigenvalue weighted by molar-refractivity contribution is -0.375. The predicted molar refractivity (Wildman–Crippen MR) is 124 cm³/mol. The lowest BCUT2D eigenvalue weighted by Gasteiger charge is -2.20. The number of aliphatic hydroxyl groups excluding tert-OH is 3. The van der Waals surface area contributed by atoms with Crippen LogP contribution in [0, 0.1) is 12.8 Å². The number of H-pyrrole nitrogens is 1. The quantitative estimate of drug-likeness (QED) is 0.213. The second-order valence-electron chi connectivity index (χ2n) is 8.09. The van der Waals surface area contributed by atoms with Gasteiger partial charge in [0, 0.05) is 42.4 Å². The van der Waals surface area contributed by atoms with E-state index in [4.69, 9.17) is 4.98 Å². The van der Waals surface area contributed by atoms with Gasteiger partial charge in [0.15, 0.2) is 12.4 Å². The van der Waals surface area contributed by atoms with E-state index in [1.54, 1.807) is 12.4 Å². The molecule has 4 aromatic heterocycles. The first kappa shape index (κ1) is 24.2. The lowest BCUT2D eigenvalue weighted by Crippen LogP contribution is -3.00. The van der Waals surface area contributed by atoms with E-state index in [1.807, 2.05) is 37.5 Å². The van der Waals surface area contributed by atoms with Crippen molar-refractivity contribution in [2.45, 2.75) is 31.6 Å². The van der Waals surface area contributed by atoms with Gasteiger partial charge in [-0.05, 0) is 25.5 Å². The Balaban J connectivity index is 0.00000274. The van der Waals surface area contributed by atoms with Gasteiger partial charge in [-0.25, -0.2) is 15.0 Å². The van der Waals surface area contributed by atoms with E-state index in [0.717, 1.165) is 26.6 Å². The molecule has 0 aromatic carbocycles. The van der Waals surface area contributed by atoms with E-state index in [1.165, 1.54) is 11.3 Å². The summed E-state index contributed by atoms with van der Waals surface area (Å²) in [5.74, 6) is 0.447. The Bertz CT molecular complexity index is 1260. The van der Waals surface area contributed by atoms with Gasteiger partial charge in [-0.2, -0.15) is 4.98 Å². The average Bonchev–Trinajstić information content (AvgIpc) is 3.35. The van der Waals surface area contributed by atoms with Crippen LogP contribution in [-0.4, -0.2) is 60.1 Å². The molecule has 0 spiro atoms. The Hall–Kier alpha value is -2.96. The molecule has 0 amide bonds. The molecule has 34 heavy (non-hydrogen) atoms. The normalized spacial score (nSPS) is 21.9. The number of hydrogen-bond acceptors (Lipinski definition) is 10. The van der Waals surface area contributed by atoms with Crippen LogP contribution in [0.1, 0.15) is 12.1 Å². The highest BCUT2D eigenvalue weighted by Crippen LogP contribution is 2.36. The Morgan fingerprint density at radius 3 is 2.76 bits per heavy atom. The maximum absolute atomic E-state index is 10.5. The van der Waals surface area contributed by atoms with Crippen LogP contribution in [0.5, 0.6) is 0 Å². The molecule has 1 saturated carbocycles. The van der Waals surface area contributed by atoms with E-state index in [2.05, 4.69) is 30.6 Å². The van der Waals surface area contributed by atoms with Gasteiger partial charge in [-0.1, -0.05) is 0 Å². The largest absolute Gasteiger partial charge is 1.00 e. The van der Waals surface area contributed by atoms with Gasteiger partial charge < -0.3 is 38.4 Å². The van der Waals surface area contributed by atoms with Crippen molar-refractivity contribution < 1.29 is 32.7 Å². The van der Waals surface area contributed by atoms with Crippen LogP contribution in [0.3, 0.4) is 0 Å². The zero-order valence-corrected chi connectivity index (χ0v) is 19.8. The van der Waals surface area contributed by atoms with Gasteiger partial charge in [0.25, 0.3) is 0 Å². The number of aryl methyl sites for hydroxylation is 1. The van der Waals surface area contributed by atoms with Gasteiger partial charge in [0.2, 0.25) is 5.95 Å². The van der Waals surface area contributed by atoms with E-state index >= 15 is 0 Å². The molecule has 178 valence electrons. The number of aliphatic hydroxyl groups is 3. The molecule has 10 nitrogen and oxygen atoms in total. The Morgan fingerprint density at radius 1 is 1.18 bits per heavy atom. The number of fused-ring (bicyclic) bond motifs is 1. The van der Waals surface area contributed by atoms with Crippen molar-refractivity contribution in [1.82, 2.24) is 19.9 Å². The summed E-state index contributed by atoms with van der Waals surface area (Å²) in [5.41, 5.74) is 3.19. The van der Waals surface area contributed by atoms with Crippen molar-refractivity contribution in [1.29, 1.82) is 0 Å². The molecule has 0 saturated heterocycles. The minimum absolute atomic E-state index is 0. The fourth-order valence-corrected chi connectivity index (χ4v) is 4.97. The zero-order valence-electron chi connectivity index (χ0n) is 18.2. The molecular formula is C22H24ClN7O3S. The van der Waals surface area contributed by atoms with Crippen molar-refractivity contribution >= 4 is 39.0 Å². The SMILES string of the molecule is Cc1cc(Nc2ncc(-c3nc4cc[nH+]cc4s3)c(N[C@@H]3C[C@H](CO)[C@@H](O)[C@H]3O)n2)ccn1.[Cl-]. The Morgan fingerprint density at radius 2 is 2.03 bits per heavy atom. The standard InChI is InChI=1S/C22H23N7O3S.ClH/c1-11-6-13(2-5-24-11)26-22-25-8-14(21-28-15-3-4-23-9-17(15)33-21)20(29-22)27-16-7-12(10-30)18(31)19(16)32;/h2-6,8-9,12,16,18-19,30-32H,7,10H2,1H3,(H2,24,25,26,27,29);1H/t12-,16-,18-,19+;/m1./s1. The van der Waals surface area contributed by atoms with Crippen molar-refractivity contribution in [2.75, 3.05) is 17.2 Å². The fourth-order valence-electron chi connectivity index (χ4n) is 4.02. The van der Waals surface area contributed by atoms with Crippen molar-refractivity contribution in [2.24, 2.45) is 5.92 Å². The number of aromatic nitrogens is 5. The zero-order chi connectivity index (χ0) is 22.9. The Labute approximate surface area is 205 Å². The number of nitrogens with zero attached hydrogens (tertiary/aromatic N) is 4. The molecular weight excluding hydrogens is 478 g/mol. The van der Waals surface area contributed by atoms with Crippen LogP contribution in [0.15, 0.2) is 43.0 Å². The van der Waals surface area contributed by atoms with E-state index < -0.39 is 24.2 Å². The summed E-state index contributed by atoms with van der Waals surface area (Å²) in [4.78, 5) is 21.1. The number of aromatic amines is 1. The van der Waals surface area contributed by atoms with Gasteiger partial charge in [0.1, 0.15) is 21.6 Å². The maximum Gasteiger partial charge on any atom is 0.229 e. The summed E-state index contributed by atoms with van der Waals surface area (Å²) in [6.45, 7) is 1.70. The number of thiazole rings is 1. The summed E-state index contributed by atoms with van der Waals surface area (Å²) >= 11 is 1.50. The molecule has 12 heteroatoms. The number of anilines is 3. The first-order valence-electron chi connectivity index (χ1n) is 10.6. The highest BCUT2D eigenvalue weighted by atomic mass is 35.5. The van der Waals surface area contributed by atoms with E-state index in [-0.39, 0.29) is 19.0 Å². The van der Waals surface area contributed by atoms with Crippen LogP contribution in [0.25, 0.3) is 20.8 Å². The van der Waals surface area contributed by atoms with Gasteiger partial charge in [-0.3, -0.25) is 4.98 Å². The molecule has 0 unspecified atom stereocenters. The smallest absolute Gasteiger partial charge is 0.229 e. The van der Waals surface area contributed by atoms with E-state index in [9.17, 15) is 15.3 Å². The topological polar surface area (TPSA) is 150 Å². The summed E-state index contributed by atoms with van der Waals surface area (Å²) in [6, 6.07) is 5.12. The first-order chi connectivity index (χ1) is 16.0. The number of halogens is 1. The lowest BCUT2D eigenvalue weighted by atomic mass is 10.1. The van der Waals surface area contributed by atoms with Crippen LogP contribution in [-0.2, 0) is 0 Å².